The van der Waals surface area contributed by atoms with Crippen LogP contribution in [0, 0.1) is 0 Å². The predicted octanol–water partition coefficient (Wildman–Crippen LogP) is 1.69. The van der Waals surface area contributed by atoms with Gasteiger partial charge in [0.05, 0.1) is 17.2 Å². The van der Waals surface area contributed by atoms with Crippen molar-refractivity contribution in [3.8, 4) is 0 Å². The molecule has 1 N–H and O–H groups in total. The van der Waals surface area contributed by atoms with E-state index in [1.165, 1.54) is 4.90 Å². The predicted molar refractivity (Wildman–Crippen MR) is 67.8 cm³/mol. The highest BCUT2D eigenvalue weighted by atomic mass is 35.5. The normalized spacial score (nSPS) is 23.4. The van der Waals surface area contributed by atoms with Gasteiger partial charge in [0, 0.05) is 11.6 Å². The van der Waals surface area contributed by atoms with E-state index >= 15 is 0 Å². The molecule has 5 heteroatoms. The molecule has 2 heterocycles. The van der Waals surface area contributed by atoms with E-state index in [4.69, 9.17) is 11.6 Å². The zero-order valence-corrected chi connectivity index (χ0v) is 10.5. The summed E-state index contributed by atoms with van der Waals surface area (Å²) in [4.78, 5) is 25.9. The third-order valence-electron chi connectivity index (χ3n) is 3.52. The Kier molecular flexibility index (Phi) is 2.84. The van der Waals surface area contributed by atoms with E-state index in [0.717, 1.165) is 19.4 Å². The minimum absolute atomic E-state index is 0.0371. The Bertz CT molecular complexity index is 524. The van der Waals surface area contributed by atoms with Gasteiger partial charge in [0.2, 0.25) is 0 Å². The Morgan fingerprint density at radius 1 is 1.22 bits per heavy atom. The van der Waals surface area contributed by atoms with Crippen molar-refractivity contribution in [2.24, 2.45) is 0 Å². The highest BCUT2D eigenvalue weighted by Crippen LogP contribution is 2.28. The number of imide groups is 1. The second-order valence-electron chi connectivity index (χ2n) is 4.67. The standard InChI is InChI=1S/C13H13ClN2O2/c14-8-3-4-10-11(6-8)13(18)16(12(10)17)9-2-1-5-15-7-9/h3-4,6,9,15H,1-2,5,7H2/t9-/m1/s1. The molecule has 1 aromatic rings. The number of nitrogens with one attached hydrogen (secondary N) is 1. The van der Waals surface area contributed by atoms with Gasteiger partial charge in [-0.1, -0.05) is 11.6 Å². The highest BCUT2D eigenvalue weighted by Gasteiger charge is 2.40. The first-order valence-corrected chi connectivity index (χ1v) is 6.44. The van der Waals surface area contributed by atoms with Crippen LogP contribution in [-0.2, 0) is 0 Å². The number of rotatable bonds is 1. The van der Waals surface area contributed by atoms with Gasteiger partial charge in [-0.15, -0.1) is 0 Å². The molecule has 2 amide bonds. The van der Waals surface area contributed by atoms with Crippen LogP contribution in [-0.4, -0.2) is 35.8 Å². The molecule has 2 aliphatic rings. The molecule has 2 aliphatic heterocycles. The molecule has 0 radical (unpaired) electrons. The number of piperidine rings is 1. The number of hydrogen-bond acceptors (Lipinski definition) is 3. The molecule has 0 spiro atoms. The van der Waals surface area contributed by atoms with Gasteiger partial charge in [-0.2, -0.15) is 0 Å². The van der Waals surface area contributed by atoms with Crippen LogP contribution < -0.4 is 5.32 Å². The van der Waals surface area contributed by atoms with E-state index in [2.05, 4.69) is 5.32 Å². The van der Waals surface area contributed by atoms with Crippen molar-refractivity contribution < 1.29 is 9.59 Å². The van der Waals surface area contributed by atoms with Gasteiger partial charge in [-0.25, -0.2) is 0 Å². The second-order valence-corrected chi connectivity index (χ2v) is 5.11. The Balaban J connectivity index is 1.96. The molecule has 18 heavy (non-hydrogen) atoms. The highest BCUT2D eigenvalue weighted by molar-refractivity contribution is 6.32. The number of fused-ring (bicyclic) bond motifs is 1. The minimum Gasteiger partial charge on any atom is -0.315 e. The molecule has 0 bridgehead atoms. The summed E-state index contributed by atoms with van der Waals surface area (Å²) in [5.41, 5.74) is 0.896. The molecule has 1 atom stereocenters. The van der Waals surface area contributed by atoms with E-state index in [9.17, 15) is 9.59 Å². The summed E-state index contributed by atoms with van der Waals surface area (Å²) in [7, 11) is 0. The van der Waals surface area contributed by atoms with Crippen LogP contribution in [0.5, 0.6) is 0 Å². The maximum absolute atomic E-state index is 12.3. The number of carbonyl (C=O) groups is 2. The summed E-state index contributed by atoms with van der Waals surface area (Å²) < 4.78 is 0. The van der Waals surface area contributed by atoms with E-state index in [-0.39, 0.29) is 17.9 Å². The maximum Gasteiger partial charge on any atom is 0.261 e. The average Bonchev–Trinajstić information content (AvgIpc) is 2.63. The van der Waals surface area contributed by atoms with E-state index in [0.29, 0.717) is 22.7 Å². The number of carbonyl (C=O) groups excluding carboxylic acids is 2. The summed E-state index contributed by atoms with van der Waals surface area (Å²) in [6.45, 7) is 1.63. The summed E-state index contributed by atoms with van der Waals surface area (Å²) in [6.07, 6.45) is 1.85. The van der Waals surface area contributed by atoms with Crippen LogP contribution in [0.1, 0.15) is 33.6 Å². The number of hydrogen-bond donors (Lipinski definition) is 1. The van der Waals surface area contributed by atoms with Gasteiger partial charge >= 0.3 is 0 Å². The van der Waals surface area contributed by atoms with E-state index < -0.39 is 0 Å². The molecule has 1 fully saturated rings. The minimum atomic E-state index is -0.216. The van der Waals surface area contributed by atoms with Gasteiger partial charge < -0.3 is 5.32 Å². The molecule has 1 aromatic carbocycles. The monoisotopic (exact) mass is 264 g/mol. The molecule has 4 nitrogen and oxygen atoms in total. The van der Waals surface area contributed by atoms with Crippen LogP contribution in [0.4, 0.5) is 0 Å². The SMILES string of the molecule is O=C1c2ccc(Cl)cc2C(=O)N1[C@@H]1CCCNC1. The van der Waals surface area contributed by atoms with Crippen molar-refractivity contribution >= 4 is 23.4 Å². The van der Waals surface area contributed by atoms with Crippen molar-refractivity contribution in [2.45, 2.75) is 18.9 Å². The first-order valence-electron chi connectivity index (χ1n) is 6.06. The van der Waals surface area contributed by atoms with Gasteiger partial charge in [-0.05, 0) is 37.6 Å². The number of nitrogens with zero attached hydrogens (tertiary/aromatic N) is 1. The lowest BCUT2D eigenvalue weighted by atomic mass is 10.1. The smallest absolute Gasteiger partial charge is 0.261 e. The number of halogens is 1. The lowest BCUT2D eigenvalue weighted by Crippen LogP contribution is -2.48. The van der Waals surface area contributed by atoms with E-state index in [1.54, 1.807) is 18.2 Å². The van der Waals surface area contributed by atoms with E-state index in [1.807, 2.05) is 0 Å². The summed E-state index contributed by atoms with van der Waals surface area (Å²) >= 11 is 5.88. The van der Waals surface area contributed by atoms with Crippen molar-refractivity contribution in [1.82, 2.24) is 10.2 Å². The topological polar surface area (TPSA) is 49.4 Å². The van der Waals surface area contributed by atoms with Crippen molar-refractivity contribution in [3.63, 3.8) is 0 Å². The first kappa shape index (κ1) is 11.7. The van der Waals surface area contributed by atoms with Crippen molar-refractivity contribution in [1.29, 1.82) is 0 Å². The molecule has 0 aliphatic carbocycles. The molecule has 94 valence electrons. The molecular weight excluding hydrogens is 252 g/mol. The zero-order chi connectivity index (χ0) is 12.7. The zero-order valence-electron chi connectivity index (χ0n) is 9.78. The first-order chi connectivity index (χ1) is 8.68. The van der Waals surface area contributed by atoms with Gasteiger partial charge in [0.15, 0.2) is 0 Å². The van der Waals surface area contributed by atoms with Crippen LogP contribution >= 0.6 is 11.6 Å². The fourth-order valence-corrected chi connectivity index (χ4v) is 2.79. The van der Waals surface area contributed by atoms with Crippen molar-refractivity contribution in [3.05, 3.63) is 34.3 Å². The summed E-state index contributed by atoms with van der Waals surface area (Å²) in [5, 5.41) is 3.70. The maximum atomic E-state index is 12.3. The number of benzene rings is 1. The second kappa shape index (κ2) is 4.37. The van der Waals surface area contributed by atoms with Gasteiger partial charge in [0.25, 0.3) is 11.8 Å². The Hall–Kier alpha value is -1.39. The lowest BCUT2D eigenvalue weighted by molar-refractivity contribution is 0.0561. The Morgan fingerprint density at radius 3 is 2.72 bits per heavy atom. The Morgan fingerprint density at radius 2 is 2.00 bits per heavy atom. The fourth-order valence-electron chi connectivity index (χ4n) is 2.62. The lowest BCUT2D eigenvalue weighted by Gasteiger charge is -2.29. The van der Waals surface area contributed by atoms with Gasteiger partial charge in [0.1, 0.15) is 0 Å². The van der Waals surface area contributed by atoms with Crippen LogP contribution in [0.2, 0.25) is 5.02 Å². The van der Waals surface area contributed by atoms with Gasteiger partial charge in [-0.3, -0.25) is 14.5 Å². The molecule has 0 aromatic heterocycles. The molecule has 1 saturated heterocycles. The molecule has 3 rings (SSSR count). The summed E-state index contributed by atoms with van der Waals surface area (Å²) in [6, 6.07) is 4.82. The quantitative estimate of drug-likeness (QED) is 0.786. The molecular formula is C13H13ClN2O2. The average molecular weight is 265 g/mol. The third-order valence-corrected chi connectivity index (χ3v) is 3.75. The van der Waals surface area contributed by atoms with Crippen LogP contribution in [0.3, 0.4) is 0 Å². The largest absolute Gasteiger partial charge is 0.315 e. The Labute approximate surface area is 110 Å². The van der Waals surface area contributed by atoms with Crippen LogP contribution in [0.25, 0.3) is 0 Å². The van der Waals surface area contributed by atoms with Crippen LogP contribution in [0.15, 0.2) is 18.2 Å². The molecule has 0 unspecified atom stereocenters. The fraction of sp³-hybridized carbons (Fsp3) is 0.385. The van der Waals surface area contributed by atoms with Crippen molar-refractivity contribution in [2.75, 3.05) is 13.1 Å². The summed E-state index contributed by atoms with van der Waals surface area (Å²) in [5.74, 6) is -0.411. The number of amides is 2. The molecule has 0 saturated carbocycles. The third kappa shape index (κ3) is 1.72.